The minimum absolute atomic E-state index is 0.222. The molecule has 0 amide bonds. The maximum atomic E-state index is 12.2. The molecule has 3 N–H and O–H groups in total. The maximum Gasteiger partial charge on any atom is 0.279 e. The summed E-state index contributed by atoms with van der Waals surface area (Å²) in [6, 6.07) is 9.03. The second kappa shape index (κ2) is 7.14. The Bertz CT molecular complexity index is 501. The molecule has 7 heteroatoms. The fraction of sp³-hybridized carbons (Fsp3) is 0.538. The minimum Gasteiger partial charge on any atom is -0.395 e. The molecule has 0 saturated carbocycles. The number of benzene rings is 1. The van der Waals surface area contributed by atoms with E-state index in [9.17, 15) is 13.5 Å². The van der Waals surface area contributed by atoms with E-state index in [0.29, 0.717) is 32.6 Å². The van der Waals surface area contributed by atoms with Gasteiger partial charge in [0.05, 0.1) is 12.6 Å². The predicted octanol–water partition coefficient (Wildman–Crippen LogP) is -0.670. The molecule has 1 aliphatic rings. The van der Waals surface area contributed by atoms with Gasteiger partial charge in [0.1, 0.15) is 0 Å². The summed E-state index contributed by atoms with van der Waals surface area (Å²) in [5.41, 5.74) is 0.995. The van der Waals surface area contributed by atoms with E-state index in [2.05, 4.69) is 10.0 Å². The van der Waals surface area contributed by atoms with Gasteiger partial charge in [0.15, 0.2) is 0 Å². The summed E-state index contributed by atoms with van der Waals surface area (Å²) in [4.78, 5) is 0. The molecule has 1 fully saturated rings. The summed E-state index contributed by atoms with van der Waals surface area (Å²) >= 11 is 0. The number of hydrogen-bond donors (Lipinski definition) is 3. The van der Waals surface area contributed by atoms with Crippen LogP contribution in [0, 0.1) is 0 Å². The Balaban J connectivity index is 1.98. The van der Waals surface area contributed by atoms with Crippen LogP contribution in [0.1, 0.15) is 5.56 Å². The second-order valence-corrected chi connectivity index (χ2v) is 6.54. The number of aliphatic hydroxyl groups is 1. The third kappa shape index (κ3) is 4.26. The molecular formula is C13H21N3O3S. The Labute approximate surface area is 120 Å². The number of rotatable bonds is 6. The highest BCUT2D eigenvalue weighted by Crippen LogP contribution is 2.06. The van der Waals surface area contributed by atoms with E-state index < -0.39 is 16.3 Å². The van der Waals surface area contributed by atoms with Gasteiger partial charge in [0.25, 0.3) is 10.2 Å². The van der Waals surface area contributed by atoms with Crippen LogP contribution >= 0.6 is 0 Å². The lowest BCUT2D eigenvalue weighted by Gasteiger charge is -2.28. The summed E-state index contributed by atoms with van der Waals surface area (Å²) in [6.07, 6.45) is 0.475. The fourth-order valence-corrected chi connectivity index (χ4v) is 3.60. The van der Waals surface area contributed by atoms with Crippen LogP contribution in [0.5, 0.6) is 0 Å². The molecular weight excluding hydrogens is 278 g/mol. The minimum atomic E-state index is -3.53. The van der Waals surface area contributed by atoms with Crippen LogP contribution in [0.15, 0.2) is 30.3 Å². The van der Waals surface area contributed by atoms with Gasteiger partial charge in [-0.05, 0) is 12.0 Å². The van der Waals surface area contributed by atoms with Crippen molar-refractivity contribution in [2.75, 3.05) is 32.8 Å². The van der Waals surface area contributed by atoms with E-state index >= 15 is 0 Å². The highest BCUT2D eigenvalue weighted by atomic mass is 32.2. The number of aliphatic hydroxyl groups excluding tert-OH is 1. The van der Waals surface area contributed by atoms with Crippen LogP contribution in [-0.2, 0) is 16.6 Å². The first-order valence-electron chi connectivity index (χ1n) is 6.75. The molecule has 0 unspecified atom stereocenters. The van der Waals surface area contributed by atoms with Crippen LogP contribution in [0.2, 0.25) is 0 Å². The van der Waals surface area contributed by atoms with Crippen LogP contribution in [-0.4, -0.2) is 56.7 Å². The summed E-state index contributed by atoms with van der Waals surface area (Å²) in [6.45, 7) is 2.00. The third-order valence-electron chi connectivity index (χ3n) is 3.28. The van der Waals surface area contributed by atoms with Crippen molar-refractivity contribution < 1.29 is 13.5 Å². The molecule has 1 atom stereocenters. The quantitative estimate of drug-likeness (QED) is 0.651. The van der Waals surface area contributed by atoms with Gasteiger partial charge in [0, 0.05) is 26.2 Å². The molecule has 1 saturated heterocycles. The van der Waals surface area contributed by atoms with Gasteiger partial charge in [-0.3, -0.25) is 0 Å². The van der Waals surface area contributed by atoms with Gasteiger partial charge in [-0.1, -0.05) is 30.3 Å². The summed E-state index contributed by atoms with van der Waals surface area (Å²) < 4.78 is 28.4. The van der Waals surface area contributed by atoms with Crippen molar-refractivity contribution >= 4 is 10.2 Å². The zero-order chi connectivity index (χ0) is 14.4. The Hall–Kier alpha value is -0.990. The monoisotopic (exact) mass is 299 g/mol. The lowest BCUT2D eigenvalue weighted by atomic mass is 10.1. The molecule has 0 spiro atoms. The van der Waals surface area contributed by atoms with Gasteiger partial charge in [-0.25, -0.2) is 0 Å². The van der Waals surface area contributed by atoms with Crippen molar-refractivity contribution in [1.29, 1.82) is 0 Å². The number of piperazine rings is 1. The van der Waals surface area contributed by atoms with Gasteiger partial charge in [-0.2, -0.15) is 17.4 Å². The fourth-order valence-electron chi connectivity index (χ4n) is 2.21. The average molecular weight is 299 g/mol. The van der Waals surface area contributed by atoms with E-state index in [1.54, 1.807) is 0 Å². The smallest absolute Gasteiger partial charge is 0.279 e. The lowest BCUT2D eigenvalue weighted by molar-refractivity contribution is 0.252. The first kappa shape index (κ1) is 15.4. The topological polar surface area (TPSA) is 81.7 Å². The van der Waals surface area contributed by atoms with E-state index in [1.807, 2.05) is 30.3 Å². The predicted molar refractivity (Wildman–Crippen MR) is 77.5 cm³/mol. The first-order valence-corrected chi connectivity index (χ1v) is 8.19. The molecule has 0 aromatic heterocycles. The van der Waals surface area contributed by atoms with Crippen LogP contribution in [0.25, 0.3) is 0 Å². The first-order chi connectivity index (χ1) is 9.62. The molecule has 0 aliphatic carbocycles. The second-order valence-electron chi connectivity index (χ2n) is 4.84. The Kier molecular flexibility index (Phi) is 5.50. The van der Waals surface area contributed by atoms with E-state index in [4.69, 9.17) is 0 Å². The molecule has 0 radical (unpaired) electrons. The SMILES string of the molecule is O=S(=O)(N[C@H](CO)Cc1ccccc1)N1CCNCC1. The largest absolute Gasteiger partial charge is 0.395 e. The maximum absolute atomic E-state index is 12.2. The molecule has 1 aromatic rings. The highest BCUT2D eigenvalue weighted by Gasteiger charge is 2.26. The zero-order valence-corrected chi connectivity index (χ0v) is 12.1. The van der Waals surface area contributed by atoms with Gasteiger partial charge < -0.3 is 10.4 Å². The van der Waals surface area contributed by atoms with Crippen molar-refractivity contribution in [2.24, 2.45) is 0 Å². The average Bonchev–Trinajstić information content (AvgIpc) is 2.48. The Morgan fingerprint density at radius 1 is 1.25 bits per heavy atom. The lowest BCUT2D eigenvalue weighted by Crippen LogP contribution is -2.53. The van der Waals surface area contributed by atoms with Gasteiger partial charge in [-0.15, -0.1) is 0 Å². The Morgan fingerprint density at radius 2 is 1.90 bits per heavy atom. The number of nitrogens with zero attached hydrogens (tertiary/aromatic N) is 1. The van der Waals surface area contributed by atoms with Gasteiger partial charge in [0.2, 0.25) is 0 Å². The summed E-state index contributed by atoms with van der Waals surface area (Å²) in [5.74, 6) is 0. The van der Waals surface area contributed by atoms with E-state index in [-0.39, 0.29) is 6.61 Å². The van der Waals surface area contributed by atoms with E-state index in [0.717, 1.165) is 5.56 Å². The van der Waals surface area contributed by atoms with Crippen molar-refractivity contribution in [1.82, 2.24) is 14.3 Å². The molecule has 20 heavy (non-hydrogen) atoms. The van der Waals surface area contributed by atoms with Gasteiger partial charge >= 0.3 is 0 Å². The molecule has 112 valence electrons. The van der Waals surface area contributed by atoms with Crippen molar-refractivity contribution in [3.8, 4) is 0 Å². The highest BCUT2D eigenvalue weighted by molar-refractivity contribution is 7.87. The van der Waals surface area contributed by atoms with Crippen molar-refractivity contribution in [3.05, 3.63) is 35.9 Å². The third-order valence-corrected chi connectivity index (χ3v) is 4.95. The molecule has 1 aromatic carbocycles. The normalized spacial score (nSPS) is 18.9. The summed E-state index contributed by atoms with van der Waals surface area (Å²) in [7, 11) is -3.53. The van der Waals surface area contributed by atoms with Crippen LogP contribution in [0.3, 0.4) is 0 Å². The number of hydrogen-bond acceptors (Lipinski definition) is 4. The van der Waals surface area contributed by atoms with Crippen LogP contribution < -0.4 is 10.0 Å². The molecule has 0 bridgehead atoms. The number of nitrogens with one attached hydrogen (secondary N) is 2. The Morgan fingerprint density at radius 3 is 2.50 bits per heavy atom. The zero-order valence-electron chi connectivity index (χ0n) is 11.3. The summed E-state index contributed by atoms with van der Waals surface area (Å²) in [5, 5.41) is 12.5. The van der Waals surface area contributed by atoms with Crippen molar-refractivity contribution in [3.63, 3.8) is 0 Å². The van der Waals surface area contributed by atoms with Crippen LogP contribution in [0.4, 0.5) is 0 Å². The molecule has 2 rings (SSSR count). The van der Waals surface area contributed by atoms with Crippen molar-refractivity contribution in [2.45, 2.75) is 12.5 Å². The molecule has 1 aliphatic heterocycles. The molecule has 1 heterocycles. The standard InChI is InChI=1S/C13H21N3O3S/c17-11-13(10-12-4-2-1-3-5-12)15-20(18,19)16-8-6-14-7-9-16/h1-5,13-15,17H,6-11H2/t13-/m0/s1. The van der Waals surface area contributed by atoms with E-state index in [1.165, 1.54) is 4.31 Å². The molecule has 6 nitrogen and oxygen atoms in total.